The van der Waals surface area contributed by atoms with E-state index in [4.69, 9.17) is 5.11 Å². The number of rotatable bonds is 3. The summed E-state index contributed by atoms with van der Waals surface area (Å²) in [5.41, 5.74) is 0. The molecule has 0 aromatic rings. The van der Waals surface area contributed by atoms with Crippen LogP contribution in [0.3, 0.4) is 0 Å². The van der Waals surface area contributed by atoms with E-state index >= 15 is 0 Å². The Labute approximate surface area is 72.7 Å². The van der Waals surface area contributed by atoms with Gasteiger partial charge in [0.15, 0.2) is 0 Å². The topological polar surface area (TPSA) is 40.5 Å². The molecule has 0 aromatic heterocycles. The lowest BCUT2D eigenvalue weighted by Gasteiger charge is -2.22. The minimum absolute atomic E-state index is 0.0373. The molecule has 1 fully saturated rings. The SMILES string of the molecule is C=CC1CC(=O)N([C@@H](C)CO)C1. The van der Waals surface area contributed by atoms with Crippen molar-refractivity contribution in [2.75, 3.05) is 13.2 Å². The van der Waals surface area contributed by atoms with Crippen LogP contribution in [0.2, 0.25) is 0 Å². The fourth-order valence-corrected chi connectivity index (χ4v) is 1.44. The average Bonchev–Trinajstić information content (AvgIpc) is 2.45. The van der Waals surface area contributed by atoms with Crippen molar-refractivity contribution in [3.8, 4) is 0 Å². The zero-order valence-corrected chi connectivity index (χ0v) is 7.36. The first-order valence-corrected chi connectivity index (χ1v) is 4.22. The molecule has 68 valence electrons. The highest BCUT2D eigenvalue weighted by Crippen LogP contribution is 2.20. The van der Waals surface area contributed by atoms with Gasteiger partial charge in [0.05, 0.1) is 12.6 Å². The number of likely N-dealkylation sites (tertiary alicyclic amines) is 1. The summed E-state index contributed by atoms with van der Waals surface area (Å²) in [5, 5.41) is 8.85. The van der Waals surface area contributed by atoms with Gasteiger partial charge in [0.1, 0.15) is 0 Å². The summed E-state index contributed by atoms with van der Waals surface area (Å²) < 4.78 is 0. The Morgan fingerprint density at radius 1 is 1.92 bits per heavy atom. The van der Waals surface area contributed by atoms with Crippen LogP contribution in [-0.4, -0.2) is 35.1 Å². The molecule has 1 unspecified atom stereocenters. The Morgan fingerprint density at radius 3 is 3.00 bits per heavy atom. The van der Waals surface area contributed by atoms with Gasteiger partial charge in [0, 0.05) is 18.9 Å². The number of carbonyl (C=O) groups is 1. The number of aliphatic hydroxyl groups is 1. The van der Waals surface area contributed by atoms with Gasteiger partial charge in [-0.05, 0) is 6.92 Å². The number of carbonyl (C=O) groups excluding carboxylic acids is 1. The van der Waals surface area contributed by atoms with Gasteiger partial charge in [-0.15, -0.1) is 6.58 Å². The van der Waals surface area contributed by atoms with Crippen molar-refractivity contribution in [1.82, 2.24) is 4.90 Å². The second kappa shape index (κ2) is 3.72. The Bertz CT molecular complexity index is 191. The molecule has 3 heteroatoms. The molecule has 1 aliphatic rings. The van der Waals surface area contributed by atoms with E-state index in [1.807, 2.05) is 13.0 Å². The van der Waals surface area contributed by atoms with Gasteiger partial charge in [0.25, 0.3) is 0 Å². The molecule has 0 bridgehead atoms. The molecule has 0 aromatic carbocycles. The summed E-state index contributed by atoms with van der Waals surface area (Å²) >= 11 is 0. The van der Waals surface area contributed by atoms with Crippen molar-refractivity contribution in [3.63, 3.8) is 0 Å². The third-order valence-electron chi connectivity index (χ3n) is 2.32. The maximum absolute atomic E-state index is 11.3. The molecular weight excluding hydrogens is 154 g/mol. The van der Waals surface area contributed by atoms with E-state index in [2.05, 4.69) is 6.58 Å². The standard InChI is InChI=1S/C9H15NO2/c1-3-8-4-9(12)10(5-8)7(2)6-11/h3,7-8,11H,1,4-6H2,2H3/t7-,8?/m0/s1. The summed E-state index contributed by atoms with van der Waals surface area (Å²) in [6.07, 6.45) is 2.36. The van der Waals surface area contributed by atoms with Gasteiger partial charge in [-0.3, -0.25) is 4.79 Å². The first kappa shape index (κ1) is 9.26. The third-order valence-corrected chi connectivity index (χ3v) is 2.32. The largest absolute Gasteiger partial charge is 0.394 e. The van der Waals surface area contributed by atoms with Crippen LogP contribution >= 0.6 is 0 Å². The van der Waals surface area contributed by atoms with Gasteiger partial charge in [-0.25, -0.2) is 0 Å². The van der Waals surface area contributed by atoms with E-state index < -0.39 is 0 Å². The third kappa shape index (κ3) is 1.67. The first-order chi connectivity index (χ1) is 5.69. The average molecular weight is 169 g/mol. The van der Waals surface area contributed by atoms with E-state index in [0.29, 0.717) is 13.0 Å². The summed E-state index contributed by atoms with van der Waals surface area (Å²) in [5.74, 6) is 0.396. The zero-order chi connectivity index (χ0) is 9.14. The predicted octanol–water partition coefficient (Wildman–Crippen LogP) is 0.402. The Kier molecular flexibility index (Phi) is 2.87. The van der Waals surface area contributed by atoms with Crippen LogP contribution in [0.4, 0.5) is 0 Å². The fourth-order valence-electron chi connectivity index (χ4n) is 1.44. The van der Waals surface area contributed by atoms with Gasteiger partial charge in [-0.2, -0.15) is 0 Å². The lowest BCUT2D eigenvalue weighted by molar-refractivity contribution is -0.130. The maximum Gasteiger partial charge on any atom is 0.223 e. The minimum atomic E-state index is -0.0533. The number of hydrogen-bond donors (Lipinski definition) is 1. The molecule has 1 rings (SSSR count). The molecule has 0 saturated carbocycles. The van der Waals surface area contributed by atoms with Crippen molar-refractivity contribution in [2.24, 2.45) is 5.92 Å². The number of amides is 1. The van der Waals surface area contributed by atoms with E-state index in [1.54, 1.807) is 4.90 Å². The number of aliphatic hydroxyl groups excluding tert-OH is 1. The van der Waals surface area contributed by atoms with Crippen LogP contribution in [-0.2, 0) is 4.79 Å². The van der Waals surface area contributed by atoms with E-state index in [1.165, 1.54) is 0 Å². The van der Waals surface area contributed by atoms with Crippen LogP contribution in [0.25, 0.3) is 0 Å². The summed E-state index contributed by atoms with van der Waals surface area (Å²) in [7, 11) is 0. The van der Waals surface area contributed by atoms with Gasteiger partial charge >= 0.3 is 0 Å². The molecule has 1 N–H and O–H groups in total. The molecule has 0 radical (unpaired) electrons. The highest BCUT2D eigenvalue weighted by atomic mass is 16.3. The van der Waals surface area contributed by atoms with E-state index in [0.717, 1.165) is 0 Å². The van der Waals surface area contributed by atoms with E-state index in [9.17, 15) is 4.79 Å². The highest BCUT2D eigenvalue weighted by Gasteiger charge is 2.30. The van der Waals surface area contributed by atoms with Gasteiger partial charge in [-0.1, -0.05) is 6.08 Å². The monoisotopic (exact) mass is 169 g/mol. The van der Waals surface area contributed by atoms with Crippen molar-refractivity contribution in [1.29, 1.82) is 0 Å². The zero-order valence-electron chi connectivity index (χ0n) is 7.36. The van der Waals surface area contributed by atoms with Crippen molar-refractivity contribution in [3.05, 3.63) is 12.7 Å². The van der Waals surface area contributed by atoms with Crippen molar-refractivity contribution in [2.45, 2.75) is 19.4 Å². The van der Waals surface area contributed by atoms with Gasteiger partial charge < -0.3 is 10.0 Å². The quantitative estimate of drug-likeness (QED) is 0.621. The van der Waals surface area contributed by atoms with Crippen LogP contribution < -0.4 is 0 Å². The Morgan fingerprint density at radius 2 is 2.58 bits per heavy atom. The summed E-state index contributed by atoms with van der Waals surface area (Å²) in [6.45, 7) is 6.26. The van der Waals surface area contributed by atoms with Gasteiger partial charge in [0.2, 0.25) is 5.91 Å². The number of hydrogen-bond acceptors (Lipinski definition) is 2. The fraction of sp³-hybridized carbons (Fsp3) is 0.667. The first-order valence-electron chi connectivity index (χ1n) is 4.22. The minimum Gasteiger partial charge on any atom is -0.394 e. The van der Waals surface area contributed by atoms with Crippen LogP contribution in [0, 0.1) is 5.92 Å². The second-order valence-electron chi connectivity index (χ2n) is 3.28. The van der Waals surface area contributed by atoms with Crippen molar-refractivity contribution >= 4 is 5.91 Å². The molecule has 2 atom stereocenters. The molecule has 1 amide bonds. The molecule has 12 heavy (non-hydrogen) atoms. The highest BCUT2D eigenvalue weighted by molar-refractivity contribution is 5.79. The maximum atomic E-state index is 11.3. The molecule has 3 nitrogen and oxygen atoms in total. The van der Waals surface area contributed by atoms with Crippen LogP contribution in [0.1, 0.15) is 13.3 Å². The molecule has 0 spiro atoms. The van der Waals surface area contributed by atoms with Crippen LogP contribution in [0.15, 0.2) is 12.7 Å². The number of nitrogens with zero attached hydrogens (tertiary/aromatic N) is 1. The second-order valence-corrected chi connectivity index (χ2v) is 3.28. The Balaban J connectivity index is 2.57. The lowest BCUT2D eigenvalue weighted by Crippen LogP contribution is -2.36. The molecular formula is C9H15NO2. The molecule has 1 heterocycles. The van der Waals surface area contributed by atoms with Crippen LogP contribution in [0.5, 0.6) is 0 Å². The summed E-state index contributed by atoms with van der Waals surface area (Å²) in [4.78, 5) is 13.0. The smallest absolute Gasteiger partial charge is 0.223 e. The molecule has 0 aliphatic carbocycles. The normalized spacial score (nSPS) is 26.0. The molecule has 1 aliphatic heterocycles. The summed E-state index contributed by atoms with van der Waals surface area (Å²) in [6, 6.07) is -0.0533. The predicted molar refractivity (Wildman–Crippen MR) is 46.6 cm³/mol. The van der Waals surface area contributed by atoms with Crippen molar-refractivity contribution < 1.29 is 9.90 Å². The Hall–Kier alpha value is -0.830. The van der Waals surface area contributed by atoms with E-state index in [-0.39, 0.29) is 24.5 Å². The lowest BCUT2D eigenvalue weighted by atomic mass is 10.1. The molecule has 1 saturated heterocycles.